The van der Waals surface area contributed by atoms with Crippen LogP contribution >= 0.6 is 0 Å². The Labute approximate surface area is 168 Å². The first kappa shape index (κ1) is 20.9. The van der Waals surface area contributed by atoms with E-state index in [4.69, 9.17) is 5.73 Å². The Balaban J connectivity index is 1.46. The van der Waals surface area contributed by atoms with Crippen LogP contribution < -0.4 is 5.73 Å². The summed E-state index contributed by atoms with van der Waals surface area (Å²) in [5.74, 6) is 3.73. The fourth-order valence-corrected chi connectivity index (χ4v) is 5.94. The lowest BCUT2D eigenvalue weighted by molar-refractivity contribution is 0.263. The molecule has 1 nitrogen and oxygen atoms in total. The molecule has 152 valence electrons. The maximum Gasteiger partial charge on any atom is 0.00387 e. The van der Waals surface area contributed by atoms with Crippen molar-refractivity contribution in [2.75, 3.05) is 0 Å². The van der Waals surface area contributed by atoms with Gasteiger partial charge in [-0.25, -0.2) is 0 Å². The van der Waals surface area contributed by atoms with Crippen LogP contribution in [0.4, 0.5) is 0 Å². The van der Waals surface area contributed by atoms with Crippen molar-refractivity contribution < 1.29 is 0 Å². The van der Waals surface area contributed by atoms with Crippen LogP contribution in [0, 0.1) is 23.7 Å². The lowest BCUT2D eigenvalue weighted by Crippen LogP contribution is -2.26. The van der Waals surface area contributed by atoms with Gasteiger partial charge in [-0.05, 0) is 74.7 Å². The standard InChI is InChI=1S/C26H43N/c1-21(27)24-13-7-3-9-15-25(16-10-4-8-14-24)26-18-17-23(20-26)19-22-11-5-2-6-12-22/h2,5-6,11-12,21,23-26H,3-4,7-10,13-20,27H2,1H3. The molecule has 2 aliphatic rings. The molecule has 0 aliphatic heterocycles. The van der Waals surface area contributed by atoms with Crippen molar-refractivity contribution in [3.63, 3.8) is 0 Å². The molecule has 27 heavy (non-hydrogen) atoms. The third kappa shape index (κ3) is 6.93. The zero-order valence-corrected chi connectivity index (χ0v) is 17.8. The minimum absolute atomic E-state index is 0.390. The molecule has 2 aliphatic carbocycles. The Morgan fingerprint density at radius 2 is 1.41 bits per heavy atom. The van der Waals surface area contributed by atoms with Gasteiger partial charge >= 0.3 is 0 Å². The summed E-state index contributed by atoms with van der Waals surface area (Å²) in [5, 5.41) is 0. The van der Waals surface area contributed by atoms with Crippen LogP contribution in [0.1, 0.15) is 96.0 Å². The van der Waals surface area contributed by atoms with E-state index in [1.54, 1.807) is 5.56 Å². The smallest absolute Gasteiger partial charge is 0.00387 e. The first-order valence-electron chi connectivity index (χ1n) is 12.0. The van der Waals surface area contributed by atoms with Gasteiger partial charge < -0.3 is 5.73 Å². The Bertz CT molecular complexity index is 494. The highest BCUT2D eigenvalue weighted by Gasteiger charge is 2.30. The predicted molar refractivity (Wildman–Crippen MR) is 118 cm³/mol. The quantitative estimate of drug-likeness (QED) is 0.599. The van der Waals surface area contributed by atoms with E-state index in [9.17, 15) is 0 Å². The molecular weight excluding hydrogens is 326 g/mol. The number of hydrogen-bond donors (Lipinski definition) is 1. The molecule has 2 N–H and O–H groups in total. The maximum absolute atomic E-state index is 6.22. The van der Waals surface area contributed by atoms with E-state index in [0.29, 0.717) is 6.04 Å². The molecule has 0 heterocycles. The monoisotopic (exact) mass is 369 g/mol. The van der Waals surface area contributed by atoms with Crippen LogP contribution in [0.15, 0.2) is 30.3 Å². The Kier molecular flexibility index (Phi) is 8.71. The molecule has 2 fully saturated rings. The van der Waals surface area contributed by atoms with Gasteiger partial charge in [0.1, 0.15) is 0 Å². The molecule has 1 aromatic carbocycles. The summed E-state index contributed by atoms with van der Waals surface area (Å²) in [5.41, 5.74) is 7.77. The zero-order valence-electron chi connectivity index (χ0n) is 17.8. The summed E-state index contributed by atoms with van der Waals surface area (Å²) in [6.45, 7) is 2.22. The van der Waals surface area contributed by atoms with E-state index in [2.05, 4.69) is 37.3 Å². The van der Waals surface area contributed by atoms with Crippen molar-refractivity contribution in [1.29, 1.82) is 0 Å². The third-order valence-electron chi connectivity index (χ3n) is 7.66. The van der Waals surface area contributed by atoms with Gasteiger partial charge in [0.25, 0.3) is 0 Å². The number of benzene rings is 1. The van der Waals surface area contributed by atoms with Gasteiger partial charge in [0.2, 0.25) is 0 Å². The van der Waals surface area contributed by atoms with Crippen LogP contribution in [0.25, 0.3) is 0 Å². The van der Waals surface area contributed by atoms with Gasteiger partial charge in [0.15, 0.2) is 0 Å². The first-order chi connectivity index (χ1) is 13.2. The molecule has 2 saturated carbocycles. The van der Waals surface area contributed by atoms with Crippen molar-refractivity contribution in [2.45, 2.75) is 103 Å². The molecule has 3 rings (SSSR count). The Hall–Kier alpha value is -0.820. The molecule has 3 atom stereocenters. The molecule has 0 aromatic heterocycles. The minimum atomic E-state index is 0.390. The molecule has 0 bridgehead atoms. The molecule has 0 amide bonds. The normalized spacial score (nSPS) is 32.4. The third-order valence-corrected chi connectivity index (χ3v) is 7.66. The number of nitrogens with two attached hydrogens (primary N) is 1. The minimum Gasteiger partial charge on any atom is -0.328 e. The SMILES string of the molecule is CC(N)C1CCCCCC(C2CCC(Cc3ccccc3)C2)CCCCC1. The fourth-order valence-electron chi connectivity index (χ4n) is 5.94. The van der Waals surface area contributed by atoms with Crippen molar-refractivity contribution in [1.82, 2.24) is 0 Å². The van der Waals surface area contributed by atoms with E-state index in [1.165, 1.54) is 89.9 Å². The zero-order chi connectivity index (χ0) is 18.9. The van der Waals surface area contributed by atoms with Crippen LogP contribution in [0.3, 0.4) is 0 Å². The molecule has 0 radical (unpaired) electrons. The van der Waals surface area contributed by atoms with Crippen LogP contribution in [-0.4, -0.2) is 6.04 Å². The van der Waals surface area contributed by atoms with Crippen LogP contribution in [0.2, 0.25) is 0 Å². The molecular formula is C26H43N. The summed E-state index contributed by atoms with van der Waals surface area (Å²) in [7, 11) is 0. The lowest BCUT2D eigenvalue weighted by atomic mass is 9.80. The van der Waals surface area contributed by atoms with Crippen molar-refractivity contribution >= 4 is 0 Å². The summed E-state index contributed by atoms with van der Waals surface area (Å²) in [6, 6.07) is 11.6. The molecule has 0 spiro atoms. The highest BCUT2D eigenvalue weighted by atomic mass is 14.6. The molecule has 0 saturated heterocycles. The van der Waals surface area contributed by atoms with E-state index < -0.39 is 0 Å². The lowest BCUT2D eigenvalue weighted by Gasteiger charge is -2.26. The van der Waals surface area contributed by atoms with Gasteiger partial charge in [-0.1, -0.05) is 81.7 Å². The van der Waals surface area contributed by atoms with Gasteiger partial charge in [-0.3, -0.25) is 0 Å². The number of rotatable bonds is 4. The summed E-state index contributed by atoms with van der Waals surface area (Å²) in [6.07, 6.45) is 20.1. The Morgan fingerprint density at radius 1 is 0.778 bits per heavy atom. The second kappa shape index (κ2) is 11.2. The second-order valence-electron chi connectivity index (χ2n) is 9.78. The van der Waals surface area contributed by atoms with Crippen molar-refractivity contribution in [2.24, 2.45) is 29.4 Å². The van der Waals surface area contributed by atoms with Crippen LogP contribution in [0.5, 0.6) is 0 Å². The second-order valence-corrected chi connectivity index (χ2v) is 9.78. The van der Waals surface area contributed by atoms with Gasteiger partial charge in [-0.2, -0.15) is 0 Å². The van der Waals surface area contributed by atoms with E-state index in [1.807, 2.05) is 0 Å². The molecule has 1 aromatic rings. The van der Waals surface area contributed by atoms with E-state index in [0.717, 1.165) is 23.7 Å². The highest BCUT2D eigenvalue weighted by Crippen LogP contribution is 2.41. The summed E-state index contributed by atoms with van der Waals surface area (Å²) in [4.78, 5) is 0. The average molecular weight is 370 g/mol. The van der Waals surface area contributed by atoms with Crippen molar-refractivity contribution in [3.8, 4) is 0 Å². The topological polar surface area (TPSA) is 26.0 Å². The van der Waals surface area contributed by atoms with E-state index in [-0.39, 0.29) is 0 Å². The molecule has 3 unspecified atom stereocenters. The predicted octanol–water partition coefficient (Wildman–Crippen LogP) is 7.14. The maximum atomic E-state index is 6.22. The number of hydrogen-bond acceptors (Lipinski definition) is 1. The highest BCUT2D eigenvalue weighted by molar-refractivity contribution is 5.15. The largest absolute Gasteiger partial charge is 0.328 e. The fraction of sp³-hybridized carbons (Fsp3) is 0.769. The van der Waals surface area contributed by atoms with E-state index >= 15 is 0 Å². The summed E-state index contributed by atoms with van der Waals surface area (Å²) < 4.78 is 0. The summed E-state index contributed by atoms with van der Waals surface area (Å²) >= 11 is 0. The Morgan fingerprint density at radius 3 is 2.04 bits per heavy atom. The average Bonchev–Trinajstić information content (AvgIpc) is 3.11. The van der Waals surface area contributed by atoms with Crippen molar-refractivity contribution in [3.05, 3.63) is 35.9 Å². The van der Waals surface area contributed by atoms with Crippen LogP contribution in [-0.2, 0) is 6.42 Å². The van der Waals surface area contributed by atoms with Gasteiger partial charge in [-0.15, -0.1) is 0 Å². The van der Waals surface area contributed by atoms with Gasteiger partial charge in [0.05, 0.1) is 0 Å². The molecule has 1 heteroatoms. The van der Waals surface area contributed by atoms with Gasteiger partial charge in [0, 0.05) is 6.04 Å². The first-order valence-corrected chi connectivity index (χ1v) is 12.0.